The monoisotopic (exact) mass is 422 g/mol. The molecule has 31 heavy (non-hydrogen) atoms. The highest BCUT2D eigenvalue weighted by atomic mass is 16.5. The molecule has 0 saturated carbocycles. The molecule has 4 rings (SSSR count). The summed E-state index contributed by atoms with van der Waals surface area (Å²) in [4.78, 5) is 28.6. The molecule has 0 aromatic carbocycles. The van der Waals surface area contributed by atoms with Crippen LogP contribution in [0.3, 0.4) is 0 Å². The molecule has 2 aromatic heterocycles. The van der Waals surface area contributed by atoms with Crippen LogP contribution in [0.1, 0.15) is 68.9 Å². The molecule has 164 valence electrons. The SMILES string of the molecule is C=C(C)C1=c2c(c3c(nc2=C)-c2cc(C(C)O)c(COC=O)c(=O)n2C3)CCC1.CC. The van der Waals surface area contributed by atoms with Crippen LogP contribution in [0.4, 0.5) is 0 Å². The minimum Gasteiger partial charge on any atom is -0.463 e. The van der Waals surface area contributed by atoms with E-state index in [9.17, 15) is 14.7 Å². The molecule has 3 heterocycles. The number of fused-ring (bicyclic) bond motifs is 5. The molecular formula is C25H30N2O4. The van der Waals surface area contributed by atoms with Crippen molar-refractivity contribution in [2.45, 2.75) is 66.2 Å². The molecule has 1 unspecified atom stereocenters. The van der Waals surface area contributed by atoms with Gasteiger partial charge in [-0.25, -0.2) is 4.98 Å². The van der Waals surface area contributed by atoms with Gasteiger partial charge in [-0.05, 0) is 55.9 Å². The smallest absolute Gasteiger partial charge is 0.293 e. The molecule has 6 nitrogen and oxygen atoms in total. The van der Waals surface area contributed by atoms with E-state index >= 15 is 0 Å². The molecule has 0 amide bonds. The minimum atomic E-state index is -0.872. The highest BCUT2D eigenvalue weighted by Crippen LogP contribution is 2.34. The zero-order valence-electron chi connectivity index (χ0n) is 18.7. The number of rotatable bonds is 5. The summed E-state index contributed by atoms with van der Waals surface area (Å²) in [6, 6.07) is 1.78. The highest BCUT2D eigenvalue weighted by molar-refractivity contribution is 5.71. The Morgan fingerprint density at radius 1 is 1.35 bits per heavy atom. The molecule has 0 bridgehead atoms. The van der Waals surface area contributed by atoms with Crippen molar-refractivity contribution in [3.05, 3.63) is 61.4 Å². The summed E-state index contributed by atoms with van der Waals surface area (Å²) in [6.07, 6.45) is 2.01. The van der Waals surface area contributed by atoms with E-state index in [0.717, 1.165) is 41.3 Å². The molecule has 0 saturated heterocycles. The topological polar surface area (TPSA) is 81.4 Å². The maximum Gasteiger partial charge on any atom is 0.293 e. The number of nitrogens with zero attached hydrogens (tertiary/aromatic N) is 2. The van der Waals surface area contributed by atoms with E-state index in [-0.39, 0.29) is 12.2 Å². The number of pyridine rings is 2. The van der Waals surface area contributed by atoms with Crippen LogP contribution in [0.5, 0.6) is 0 Å². The fourth-order valence-corrected chi connectivity index (χ4v) is 4.59. The molecule has 0 radical (unpaired) electrons. The van der Waals surface area contributed by atoms with Crippen molar-refractivity contribution in [2.24, 2.45) is 0 Å². The Labute approximate surface area is 182 Å². The molecule has 1 aliphatic carbocycles. The van der Waals surface area contributed by atoms with Crippen LogP contribution in [-0.4, -0.2) is 21.1 Å². The Bertz CT molecular complexity index is 1220. The van der Waals surface area contributed by atoms with Crippen molar-refractivity contribution in [1.82, 2.24) is 9.55 Å². The Hall–Kier alpha value is -2.99. The van der Waals surface area contributed by atoms with Crippen LogP contribution in [0.15, 0.2) is 23.0 Å². The third kappa shape index (κ3) is 3.76. The van der Waals surface area contributed by atoms with Gasteiger partial charge in [0.25, 0.3) is 12.0 Å². The average Bonchev–Trinajstić information content (AvgIpc) is 3.13. The average molecular weight is 423 g/mol. The number of carbonyl (C=O) groups is 1. The fourth-order valence-electron chi connectivity index (χ4n) is 4.59. The molecule has 1 atom stereocenters. The maximum atomic E-state index is 13.2. The normalized spacial score (nSPS) is 14.5. The van der Waals surface area contributed by atoms with Gasteiger partial charge in [0.1, 0.15) is 6.61 Å². The lowest BCUT2D eigenvalue weighted by Gasteiger charge is -2.19. The Balaban J connectivity index is 0.00000132. The van der Waals surface area contributed by atoms with Crippen LogP contribution in [-0.2, 0) is 29.1 Å². The summed E-state index contributed by atoms with van der Waals surface area (Å²) in [5.74, 6) is 0. The number of allylic oxidation sites excluding steroid dienone is 1. The number of aliphatic hydroxyl groups excluding tert-OH is 1. The molecule has 2 aromatic rings. The van der Waals surface area contributed by atoms with Gasteiger partial charge in [-0.15, -0.1) is 0 Å². The van der Waals surface area contributed by atoms with Gasteiger partial charge in [0.2, 0.25) is 0 Å². The van der Waals surface area contributed by atoms with Gasteiger partial charge < -0.3 is 14.4 Å². The Kier molecular flexibility index (Phi) is 6.60. The van der Waals surface area contributed by atoms with Crippen molar-refractivity contribution in [3.63, 3.8) is 0 Å². The zero-order chi connectivity index (χ0) is 22.9. The largest absolute Gasteiger partial charge is 0.463 e. The van der Waals surface area contributed by atoms with Gasteiger partial charge in [-0.2, -0.15) is 0 Å². The maximum absolute atomic E-state index is 13.2. The standard InChI is InChI=1S/C23H24N2O4.C2H6/c1-12(2)15-6-5-7-16-18-9-25-20(22(18)24-13(3)21(15)16)8-17(14(4)27)19(23(25)28)10-29-11-26;1-2/h8,11,14,27H,1,3,5-7,9-10H2,2,4H3;1-2H3. The van der Waals surface area contributed by atoms with Gasteiger partial charge in [-0.3, -0.25) is 9.59 Å². The van der Waals surface area contributed by atoms with Gasteiger partial charge in [0.05, 0.1) is 34.9 Å². The van der Waals surface area contributed by atoms with Crippen molar-refractivity contribution in [1.29, 1.82) is 0 Å². The second-order valence-corrected chi connectivity index (χ2v) is 7.79. The molecule has 1 aliphatic heterocycles. The van der Waals surface area contributed by atoms with E-state index in [1.54, 1.807) is 17.6 Å². The number of ether oxygens (including phenoxy) is 1. The first-order chi connectivity index (χ1) is 14.8. The summed E-state index contributed by atoms with van der Waals surface area (Å²) in [6.45, 7) is 16.5. The predicted octanol–water partition coefficient (Wildman–Crippen LogP) is 2.50. The van der Waals surface area contributed by atoms with Crippen LogP contribution < -0.4 is 16.1 Å². The Morgan fingerprint density at radius 3 is 2.68 bits per heavy atom. The molecule has 1 N–H and O–H groups in total. The Morgan fingerprint density at radius 2 is 2.06 bits per heavy atom. The summed E-state index contributed by atoms with van der Waals surface area (Å²) in [7, 11) is 0. The van der Waals surface area contributed by atoms with Crippen molar-refractivity contribution < 1.29 is 14.6 Å². The molecular weight excluding hydrogens is 392 g/mol. The van der Waals surface area contributed by atoms with Crippen LogP contribution >= 0.6 is 0 Å². The van der Waals surface area contributed by atoms with Gasteiger partial charge >= 0.3 is 0 Å². The quantitative estimate of drug-likeness (QED) is 0.639. The second kappa shape index (κ2) is 9.02. The van der Waals surface area contributed by atoms with Crippen LogP contribution in [0.2, 0.25) is 0 Å². The van der Waals surface area contributed by atoms with E-state index in [4.69, 9.17) is 9.72 Å². The summed E-state index contributed by atoms with van der Waals surface area (Å²) in [5, 5.41) is 12.0. The van der Waals surface area contributed by atoms with Gasteiger partial charge in [0, 0.05) is 10.8 Å². The number of hydrogen-bond acceptors (Lipinski definition) is 5. The predicted molar refractivity (Wildman–Crippen MR) is 122 cm³/mol. The van der Waals surface area contributed by atoms with Crippen molar-refractivity contribution in [2.75, 3.05) is 0 Å². The number of aliphatic hydroxyl groups is 1. The van der Waals surface area contributed by atoms with Gasteiger partial charge in [0.15, 0.2) is 0 Å². The first-order valence-electron chi connectivity index (χ1n) is 10.7. The lowest BCUT2D eigenvalue weighted by Crippen LogP contribution is -2.36. The van der Waals surface area contributed by atoms with Crippen molar-refractivity contribution >= 4 is 18.6 Å². The van der Waals surface area contributed by atoms with Crippen LogP contribution in [0, 0.1) is 0 Å². The fraction of sp³-hybridized carbons (Fsp3) is 0.400. The van der Waals surface area contributed by atoms with E-state index in [2.05, 4.69) is 13.2 Å². The number of hydrogen-bond donors (Lipinski definition) is 1. The summed E-state index contributed by atoms with van der Waals surface area (Å²) < 4.78 is 6.49. The zero-order valence-corrected chi connectivity index (χ0v) is 18.7. The lowest BCUT2D eigenvalue weighted by atomic mass is 9.87. The summed E-state index contributed by atoms with van der Waals surface area (Å²) in [5.41, 5.74) is 6.35. The van der Waals surface area contributed by atoms with Gasteiger partial charge in [-0.1, -0.05) is 32.6 Å². The third-order valence-corrected chi connectivity index (χ3v) is 5.90. The second-order valence-electron chi connectivity index (χ2n) is 7.79. The number of carbonyl (C=O) groups excluding carboxylic acids is 1. The van der Waals surface area contributed by atoms with E-state index in [1.165, 1.54) is 11.1 Å². The first kappa shape index (κ1) is 22.7. The third-order valence-electron chi connectivity index (χ3n) is 5.90. The van der Waals surface area contributed by atoms with Crippen molar-refractivity contribution in [3.8, 4) is 11.4 Å². The van der Waals surface area contributed by atoms with E-state index in [1.807, 2.05) is 20.8 Å². The molecule has 0 fully saturated rings. The van der Waals surface area contributed by atoms with E-state index < -0.39 is 6.10 Å². The molecule has 2 aliphatic rings. The highest BCUT2D eigenvalue weighted by Gasteiger charge is 2.29. The molecule has 0 spiro atoms. The lowest BCUT2D eigenvalue weighted by molar-refractivity contribution is -0.129. The number of aromatic nitrogens is 2. The first-order valence-corrected chi connectivity index (χ1v) is 10.7. The molecule has 6 heteroatoms. The minimum absolute atomic E-state index is 0.168. The summed E-state index contributed by atoms with van der Waals surface area (Å²) >= 11 is 0. The van der Waals surface area contributed by atoms with Crippen LogP contribution in [0.25, 0.3) is 23.5 Å². The van der Waals surface area contributed by atoms with E-state index in [0.29, 0.717) is 35.2 Å².